The zero-order valence-corrected chi connectivity index (χ0v) is 13.2. The fourth-order valence-electron chi connectivity index (χ4n) is 2.45. The lowest BCUT2D eigenvalue weighted by atomic mass is 10.1. The van der Waals surface area contributed by atoms with E-state index in [1.165, 1.54) is 4.88 Å². The molecular weight excluding hydrogens is 288 g/mol. The van der Waals surface area contributed by atoms with Crippen LogP contribution in [0.2, 0.25) is 0 Å². The van der Waals surface area contributed by atoms with Crippen LogP contribution in [-0.4, -0.2) is 34.5 Å². The topological polar surface area (TPSA) is 71.3 Å². The number of hydrogen-bond donors (Lipinski definition) is 1. The minimum atomic E-state index is -0.0798. The Bertz CT molecular complexity index is 657. The molecule has 0 saturated carbocycles. The summed E-state index contributed by atoms with van der Waals surface area (Å²) in [7, 11) is 2.10. The first-order chi connectivity index (χ1) is 10.0. The molecule has 2 aromatic heterocycles. The maximum absolute atomic E-state index is 12.1. The molecule has 3 heterocycles. The highest BCUT2D eigenvalue weighted by Crippen LogP contribution is 2.27. The summed E-state index contributed by atoms with van der Waals surface area (Å²) in [4.78, 5) is 20.2. The zero-order chi connectivity index (χ0) is 15.0. The molecule has 1 aliphatic heterocycles. The third kappa shape index (κ3) is 2.98. The van der Waals surface area contributed by atoms with Gasteiger partial charge in [0, 0.05) is 30.0 Å². The molecule has 3 rings (SSSR count). The van der Waals surface area contributed by atoms with Crippen molar-refractivity contribution in [2.75, 3.05) is 18.9 Å². The van der Waals surface area contributed by atoms with Crippen molar-refractivity contribution < 1.29 is 9.32 Å². The molecule has 0 unspecified atom stereocenters. The highest BCUT2D eigenvalue weighted by atomic mass is 32.1. The van der Waals surface area contributed by atoms with Crippen LogP contribution in [0.15, 0.2) is 4.52 Å². The van der Waals surface area contributed by atoms with Gasteiger partial charge in [-0.2, -0.15) is 0 Å². The van der Waals surface area contributed by atoms with E-state index in [2.05, 4.69) is 27.4 Å². The number of nitrogens with zero attached hydrogens (tertiary/aromatic N) is 3. The van der Waals surface area contributed by atoms with Gasteiger partial charge in [-0.25, -0.2) is 4.98 Å². The zero-order valence-electron chi connectivity index (χ0n) is 12.4. The third-order valence-corrected chi connectivity index (χ3v) is 4.68. The number of fused-ring (bicyclic) bond motifs is 1. The van der Waals surface area contributed by atoms with Crippen molar-refractivity contribution in [2.45, 2.75) is 33.2 Å². The number of carbonyl (C=O) groups excluding carboxylic acids is 1. The van der Waals surface area contributed by atoms with Gasteiger partial charge in [0.05, 0.1) is 17.8 Å². The first kappa shape index (κ1) is 14.2. The molecule has 0 spiro atoms. The van der Waals surface area contributed by atoms with E-state index in [0.717, 1.165) is 36.5 Å². The summed E-state index contributed by atoms with van der Waals surface area (Å²) in [5.41, 5.74) is 2.74. The van der Waals surface area contributed by atoms with Crippen LogP contribution >= 0.6 is 11.3 Å². The largest absolute Gasteiger partial charge is 0.361 e. The summed E-state index contributed by atoms with van der Waals surface area (Å²) in [6, 6.07) is 0. The minimum Gasteiger partial charge on any atom is -0.361 e. The summed E-state index contributed by atoms with van der Waals surface area (Å²) >= 11 is 1.56. The Morgan fingerprint density at radius 2 is 2.29 bits per heavy atom. The number of thiazole rings is 1. The minimum absolute atomic E-state index is 0.0798. The van der Waals surface area contributed by atoms with Crippen LogP contribution in [0.4, 0.5) is 5.13 Å². The molecule has 7 heteroatoms. The number of hydrogen-bond acceptors (Lipinski definition) is 6. The maximum Gasteiger partial charge on any atom is 0.230 e. The Labute approximate surface area is 127 Å². The summed E-state index contributed by atoms with van der Waals surface area (Å²) in [6.07, 6.45) is 1.22. The quantitative estimate of drug-likeness (QED) is 0.938. The molecule has 1 amide bonds. The van der Waals surface area contributed by atoms with Gasteiger partial charge in [-0.1, -0.05) is 5.16 Å². The van der Waals surface area contributed by atoms with Crippen LogP contribution in [0.5, 0.6) is 0 Å². The van der Waals surface area contributed by atoms with Gasteiger partial charge < -0.3 is 14.7 Å². The first-order valence-electron chi connectivity index (χ1n) is 6.91. The smallest absolute Gasteiger partial charge is 0.230 e. The summed E-state index contributed by atoms with van der Waals surface area (Å²) < 4.78 is 5.08. The van der Waals surface area contributed by atoms with Gasteiger partial charge in [-0.15, -0.1) is 11.3 Å². The van der Waals surface area contributed by atoms with E-state index in [1.54, 1.807) is 11.3 Å². The summed E-state index contributed by atoms with van der Waals surface area (Å²) in [6.45, 7) is 5.59. The van der Waals surface area contributed by atoms with Gasteiger partial charge in [0.25, 0.3) is 0 Å². The number of carbonyl (C=O) groups is 1. The third-order valence-electron chi connectivity index (χ3n) is 3.69. The molecule has 21 heavy (non-hydrogen) atoms. The maximum atomic E-state index is 12.1. The highest BCUT2D eigenvalue weighted by Gasteiger charge is 2.20. The fraction of sp³-hybridized carbons (Fsp3) is 0.500. The second-order valence-corrected chi connectivity index (χ2v) is 6.49. The van der Waals surface area contributed by atoms with E-state index in [0.29, 0.717) is 10.9 Å². The number of amides is 1. The van der Waals surface area contributed by atoms with Crippen molar-refractivity contribution in [3.05, 3.63) is 27.6 Å². The standard InChI is InChI=1S/C14H18N4O2S/c1-8-10(9(2)20-17-8)6-13(19)16-14-15-11-4-5-18(3)7-12(11)21-14/h4-7H2,1-3H3,(H,15,16,19). The van der Waals surface area contributed by atoms with Gasteiger partial charge in [-0.05, 0) is 20.9 Å². The van der Waals surface area contributed by atoms with E-state index in [-0.39, 0.29) is 12.3 Å². The lowest BCUT2D eigenvalue weighted by molar-refractivity contribution is -0.115. The molecule has 112 valence electrons. The van der Waals surface area contributed by atoms with Crippen molar-refractivity contribution in [3.63, 3.8) is 0 Å². The van der Waals surface area contributed by atoms with E-state index < -0.39 is 0 Å². The van der Waals surface area contributed by atoms with Crippen LogP contribution in [0.3, 0.4) is 0 Å². The number of rotatable bonds is 3. The Morgan fingerprint density at radius 1 is 1.48 bits per heavy atom. The van der Waals surface area contributed by atoms with Crippen molar-refractivity contribution in [1.29, 1.82) is 0 Å². The number of anilines is 1. The molecule has 0 atom stereocenters. The van der Waals surface area contributed by atoms with Crippen molar-refractivity contribution in [2.24, 2.45) is 0 Å². The van der Waals surface area contributed by atoms with E-state index in [9.17, 15) is 4.79 Å². The molecule has 0 aliphatic carbocycles. The molecule has 0 aromatic carbocycles. The van der Waals surface area contributed by atoms with Crippen molar-refractivity contribution in [3.8, 4) is 0 Å². The van der Waals surface area contributed by atoms with Gasteiger partial charge in [0.2, 0.25) is 5.91 Å². The Kier molecular flexibility index (Phi) is 3.77. The average Bonchev–Trinajstić information content (AvgIpc) is 2.95. The Balaban J connectivity index is 1.68. The average molecular weight is 306 g/mol. The number of likely N-dealkylation sites (N-methyl/N-ethyl adjacent to an activating group) is 1. The molecule has 0 radical (unpaired) electrons. The lowest BCUT2D eigenvalue weighted by Gasteiger charge is -2.20. The van der Waals surface area contributed by atoms with Crippen LogP contribution < -0.4 is 5.32 Å². The van der Waals surface area contributed by atoms with E-state index in [4.69, 9.17) is 4.52 Å². The van der Waals surface area contributed by atoms with Crippen LogP contribution in [0.25, 0.3) is 0 Å². The van der Waals surface area contributed by atoms with E-state index in [1.807, 2.05) is 13.8 Å². The Hall–Kier alpha value is -1.73. The van der Waals surface area contributed by atoms with E-state index >= 15 is 0 Å². The summed E-state index contributed by atoms with van der Waals surface area (Å²) in [5.74, 6) is 0.617. The predicted octanol–water partition coefficient (Wildman–Crippen LogP) is 1.92. The predicted molar refractivity (Wildman–Crippen MR) is 80.5 cm³/mol. The van der Waals surface area contributed by atoms with Gasteiger partial charge in [-0.3, -0.25) is 4.79 Å². The molecule has 6 nitrogen and oxygen atoms in total. The number of aromatic nitrogens is 2. The second kappa shape index (κ2) is 5.57. The number of nitrogens with one attached hydrogen (secondary N) is 1. The summed E-state index contributed by atoms with van der Waals surface area (Å²) in [5, 5.41) is 7.44. The Morgan fingerprint density at radius 3 is 3.00 bits per heavy atom. The van der Waals surface area contributed by atoms with Crippen molar-refractivity contribution >= 4 is 22.4 Å². The van der Waals surface area contributed by atoms with Gasteiger partial charge in [0.1, 0.15) is 5.76 Å². The highest BCUT2D eigenvalue weighted by molar-refractivity contribution is 7.15. The molecule has 0 bridgehead atoms. The lowest BCUT2D eigenvalue weighted by Crippen LogP contribution is -2.25. The van der Waals surface area contributed by atoms with Crippen LogP contribution in [0, 0.1) is 13.8 Å². The van der Waals surface area contributed by atoms with Crippen LogP contribution in [0.1, 0.15) is 27.6 Å². The number of aryl methyl sites for hydroxylation is 2. The molecule has 1 N–H and O–H groups in total. The fourth-order valence-corrected chi connectivity index (χ4v) is 3.56. The molecular formula is C14H18N4O2S. The molecule has 1 aliphatic rings. The molecule has 2 aromatic rings. The van der Waals surface area contributed by atoms with Crippen molar-refractivity contribution in [1.82, 2.24) is 15.0 Å². The SMILES string of the molecule is Cc1noc(C)c1CC(=O)Nc1nc2c(s1)CN(C)CC2. The second-order valence-electron chi connectivity index (χ2n) is 5.40. The van der Waals surface area contributed by atoms with Crippen LogP contribution in [-0.2, 0) is 24.2 Å². The first-order valence-corrected chi connectivity index (χ1v) is 7.73. The molecule has 0 fully saturated rings. The normalized spacial score (nSPS) is 15.0. The van der Waals surface area contributed by atoms with Gasteiger partial charge >= 0.3 is 0 Å². The van der Waals surface area contributed by atoms with Gasteiger partial charge in [0.15, 0.2) is 5.13 Å². The monoisotopic (exact) mass is 306 g/mol. The molecule has 0 saturated heterocycles.